The molecule has 0 spiro atoms. The van der Waals surface area contributed by atoms with Gasteiger partial charge < -0.3 is 14.8 Å². The number of ether oxygens (including phenoxy) is 2. The van der Waals surface area contributed by atoms with Crippen molar-refractivity contribution in [2.45, 2.75) is 0 Å². The molecule has 0 unspecified atom stereocenters. The van der Waals surface area contributed by atoms with E-state index in [4.69, 9.17) is 21.1 Å². The molecular weight excluding hydrogens is 290 g/mol. The van der Waals surface area contributed by atoms with Crippen LogP contribution in [-0.2, 0) is 4.79 Å². The van der Waals surface area contributed by atoms with E-state index in [0.29, 0.717) is 33.0 Å². The molecule has 0 radical (unpaired) electrons. The number of nitrogens with zero attached hydrogens (tertiary/aromatic N) is 2. The standard InChI is InChI=1S/C11H8ClN3O3S/c12-7-2-9-8(17-5-18-9)1-6(7)3-13-15-11-14-10(16)4-19-11/h1-3H,4-5H2,(H,14,15,16). The van der Waals surface area contributed by atoms with Crippen molar-refractivity contribution >= 4 is 40.7 Å². The van der Waals surface area contributed by atoms with Crippen LogP contribution in [0.25, 0.3) is 0 Å². The summed E-state index contributed by atoms with van der Waals surface area (Å²) in [5.41, 5.74) is 0.671. The van der Waals surface area contributed by atoms with Gasteiger partial charge in [0.05, 0.1) is 17.0 Å². The number of fused-ring (bicyclic) bond motifs is 1. The van der Waals surface area contributed by atoms with Crippen molar-refractivity contribution < 1.29 is 14.3 Å². The summed E-state index contributed by atoms with van der Waals surface area (Å²) in [7, 11) is 0. The molecule has 0 bridgehead atoms. The van der Waals surface area contributed by atoms with Crippen LogP contribution in [0.5, 0.6) is 11.5 Å². The Kier molecular flexibility index (Phi) is 3.31. The molecule has 19 heavy (non-hydrogen) atoms. The summed E-state index contributed by atoms with van der Waals surface area (Å²) >= 11 is 7.38. The summed E-state index contributed by atoms with van der Waals surface area (Å²) in [6.07, 6.45) is 1.50. The fourth-order valence-electron chi connectivity index (χ4n) is 1.55. The van der Waals surface area contributed by atoms with Crippen molar-refractivity contribution in [3.8, 4) is 11.5 Å². The molecule has 1 aromatic carbocycles. The Bertz CT molecular complexity index is 603. The van der Waals surface area contributed by atoms with E-state index in [1.54, 1.807) is 12.1 Å². The van der Waals surface area contributed by atoms with Gasteiger partial charge in [-0.3, -0.25) is 4.79 Å². The van der Waals surface area contributed by atoms with Crippen LogP contribution in [0.1, 0.15) is 5.56 Å². The second-order valence-electron chi connectivity index (χ2n) is 3.71. The van der Waals surface area contributed by atoms with Gasteiger partial charge in [0.1, 0.15) is 0 Å². The SMILES string of the molecule is O=C1CSC(=NN=Cc2cc3c(cc2Cl)OCO3)N1. The molecule has 3 rings (SSSR count). The van der Waals surface area contributed by atoms with Crippen molar-refractivity contribution in [1.82, 2.24) is 5.32 Å². The van der Waals surface area contributed by atoms with E-state index in [-0.39, 0.29) is 12.7 Å². The average Bonchev–Trinajstić information content (AvgIpc) is 2.98. The van der Waals surface area contributed by atoms with Gasteiger partial charge >= 0.3 is 0 Å². The summed E-state index contributed by atoms with van der Waals surface area (Å²) in [5, 5.41) is 11.3. The first kappa shape index (κ1) is 12.3. The molecule has 2 heterocycles. The first-order valence-corrected chi connectivity index (χ1v) is 6.71. The smallest absolute Gasteiger partial charge is 0.236 e. The Morgan fingerprint density at radius 1 is 1.37 bits per heavy atom. The Hall–Kier alpha value is -1.73. The highest BCUT2D eigenvalue weighted by molar-refractivity contribution is 8.15. The van der Waals surface area contributed by atoms with Gasteiger partial charge in [0.25, 0.3) is 0 Å². The third-order valence-electron chi connectivity index (χ3n) is 2.42. The molecular formula is C11H8ClN3O3S. The fraction of sp³-hybridized carbons (Fsp3) is 0.182. The number of rotatable bonds is 2. The van der Waals surface area contributed by atoms with Gasteiger partial charge in [-0.05, 0) is 6.07 Å². The number of carbonyl (C=O) groups is 1. The Labute approximate surface area is 117 Å². The number of hydrogen-bond donors (Lipinski definition) is 1. The Morgan fingerprint density at radius 3 is 2.89 bits per heavy atom. The molecule has 0 saturated carbocycles. The Balaban J connectivity index is 1.78. The third kappa shape index (κ3) is 2.66. The maximum atomic E-state index is 11.0. The number of thioether (sulfide) groups is 1. The predicted octanol–water partition coefficient (Wildman–Crippen LogP) is 1.62. The summed E-state index contributed by atoms with van der Waals surface area (Å²) < 4.78 is 10.5. The van der Waals surface area contributed by atoms with Crippen LogP contribution in [0, 0.1) is 0 Å². The van der Waals surface area contributed by atoms with E-state index < -0.39 is 0 Å². The minimum Gasteiger partial charge on any atom is -0.454 e. The molecule has 1 aromatic rings. The van der Waals surface area contributed by atoms with Gasteiger partial charge in [-0.15, -0.1) is 5.10 Å². The molecule has 1 saturated heterocycles. The van der Waals surface area contributed by atoms with E-state index in [2.05, 4.69) is 15.5 Å². The number of benzene rings is 1. The molecule has 1 N–H and O–H groups in total. The van der Waals surface area contributed by atoms with E-state index >= 15 is 0 Å². The second kappa shape index (κ2) is 5.10. The van der Waals surface area contributed by atoms with Crippen LogP contribution >= 0.6 is 23.4 Å². The minimum atomic E-state index is -0.0694. The lowest BCUT2D eigenvalue weighted by Gasteiger charge is -2.00. The zero-order valence-electron chi connectivity index (χ0n) is 9.55. The lowest BCUT2D eigenvalue weighted by molar-refractivity contribution is -0.116. The van der Waals surface area contributed by atoms with Gasteiger partial charge in [-0.2, -0.15) is 5.10 Å². The lowest BCUT2D eigenvalue weighted by Crippen LogP contribution is -2.19. The normalized spacial score (nSPS) is 19.4. The van der Waals surface area contributed by atoms with Gasteiger partial charge in [-0.1, -0.05) is 23.4 Å². The largest absolute Gasteiger partial charge is 0.454 e. The fourth-order valence-corrected chi connectivity index (χ4v) is 2.39. The number of hydrogen-bond acceptors (Lipinski definition) is 6. The van der Waals surface area contributed by atoms with Crippen molar-refractivity contribution in [2.24, 2.45) is 10.2 Å². The number of amides is 1. The number of nitrogens with one attached hydrogen (secondary N) is 1. The molecule has 8 heteroatoms. The van der Waals surface area contributed by atoms with Gasteiger partial charge in [0.2, 0.25) is 12.7 Å². The topological polar surface area (TPSA) is 72.3 Å². The summed E-state index contributed by atoms with van der Waals surface area (Å²) in [6, 6.07) is 3.40. The molecule has 0 atom stereocenters. The second-order valence-corrected chi connectivity index (χ2v) is 5.08. The van der Waals surface area contributed by atoms with Crippen molar-refractivity contribution in [1.29, 1.82) is 0 Å². The van der Waals surface area contributed by atoms with Crippen LogP contribution in [0.15, 0.2) is 22.3 Å². The lowest BCUT2D eigenvalue weighted by atomic mass is 10.2. The zero-order chi connectivity index (χ0) is 13.2. The first-order chi connectivity index (χ1) is 9.22. The van der Waals surface area contributed by atoms with Crippen molar-refractivity contribution in [3.63, 3.8) is 0 Å². The monoisotopic (exact) mass is 297 g/mol. The third-order valence-corrected chi connectivity index (χ3v) is 3.61. The highest BCUT2D eigenvalue weighted by Gasteiger charge is 2.17. The number of halogens is 1. The maximum Gasteiger partial charge on any atom is 0.236 e. The summed E-state index contributed by atoms with van der Waals surface area (Å²) in [6.45, 7) is 0.192. The molecule has 2 aliphatic rings. The van der Waals surface area contributed by atoms with Crippen LogP contribution in [0.3, 0.4) is 0 Å². The highest BCUT2D eigenvalue weighted by Crippen LogP contribution is 2.36. The van der Waals surface area contributed by atoms with Gasteiger partial charge in [0.15, 0.2) is 16.7 Å². The molecule has 0 aromatic heterocycles. The molecule has 0 aliphatic carbocycles. The van der Waals surface area contributed by atoms with Crippen molar-refractivity contribution in [3.05, 3.63) is 22.7 Å². The predicted molar refractivity (Wildman–Crippen MR) is 73.2 cm³/mol. The zero-order valence-corrected chi connectivity index (χ0v) is 11.1. The summed E-state index contributed by atoms with van der Waals surface area (Å²) in [5.74, 6) is 1.55. The maximum absolute atomic E-state index is 11.0. The molecule has 1 fully saturated rings. The van der Waals surface area contributed by atoms with Crippen molar-refractivity contribution in [2.75, 3.05) is 12.5 Å². The Morgan fingerprint density at radius 2 is 2.16 bits per heavy atom. The first-order valence-electron chi connectivity index (χ1n) is 5.35. The van der Waals surface area contributed by atoms with E-state index in [9.17, 15) is 4.79 Å². The number of amidine groups is 1. The van der Waals surface area contributed by atoms with E-state index in [0.717, 1.165) is 0 Å². The van der Waals surface area contributed by atoms with Crippen LogP contribution < -0.4 is 14.8 Å². The number of carbonyl (C=O) groups excluding carboxylic acids is 1. The van der Waals surface area contributed by atoms with Crippen LogP contribution in [0.4, 0.5) is 0 Å². The molecule has 2 aliphatic heterocycles. The van der Waals surface area contributed by atoms with Crippen LogP contribution in [-0.4, -0.2) is 29.8 Å². The minimum absolute atomic E-state index is 0.0694. The molecule has 1 amide bonds. The molecule has 6 nitrogen and oxygen atoms in total. The highest BCUT2D eigenvalue weighted by atomic mass is 35.5. The van der Waals surface area contributed by atoms with Crippen LogP contribution in [0.2, 0.25) is 5.02 Å². The average molecular weight is 298 g/mol. The van der Waals surface area contributed by atoms with E-state index in [1.807, 2.05) is 0 Å². The molecule has 98 valence electrons. The van der Waals surface area contributed by atoms with Gasteiger partial charge in [0, 0.05) is 11.6 Å². The quantitative estimate of drug-likeness (QED) is 0.665. The van der Waals surface area contributed by atoms with Gasteiger partial charge in [-0.25, -0.2) is 0 Å². The van der Waals surface area contributed by atoms with E-state index in [1.165, 1.54) is 18.0 Å². The summed E-state index contributed by atoms with van der Waals surface area (Å²) in [4.78, 5) is 11.0.